The highest BCUT2D eigenvalue weighted by molar-refractivity contribution is 8.00. The van der Waals surface area contributed by atoms with Gasteiger partial charge in [-0.3, -0.25) is 14.4 Å². The smallest absolute Gasteiger partial charge is 0.321 e. The molecule has 0 aliphatic carbocycles. The van der Waals surface area contributed by atoms with Crippen molar-refractivity contribution in [3.63, 3.8) is 0 Å². The zero-order chi connectivity index (χ0) is 13.4. The van der Waals surface area contributed by atoms with Crippen molar-refractivity contribution < 1.29 is 24.6 Å². The predicted octanol–water partition coefficient (Wildman–Crippen LogP) is -1.11. The average Bonchev–Trinajstić information content (AvgIpc) is 2.25. The standard InChI is InChI=1S/C9H16N2O5S/c10-6(8(13)14)2-1-5(12)3-17-4-7(11)9(15)16/h6-7H,1-4,10-11H2,(H,13,14)(H,15,16)/t6-,7-/m0/s1. The van der Waals surface area contributed by atoms with E-state index in [1.165, 1.54) is 0 Å². The topological polar surface area (TPSA) is 144 Å². The summed E-state index contributed by atoms with van der Waals surface area (Å²) in [5.74, 6) is -2.15. The molecule has 0 bridgehead atoms. The van der Waals surface area contributed by atoms with E-state index in [1.54, 1.807) is 0 Å². The lowest BCUT2D eigenvalue weighted by molar-refractivity contribution is -0.139. The molecule has 0 aromatic heterocycles. The Morgan fingerprint density at radius 1 is 1.06 bits per heavy atom. The highest BCUT2D eigenvalue weighted by atomic mass is 32.2. The summed E-state index contributed by atoms with van der Waals surface area (Å²) in [4.78, 5) is 32.0. The third kappa shape index (κ3) is 7.72. The molecule has 98 valence electrons. The normalized spacial score (nSPS) is 14.0. The van der Waals surface area contributed by atoms with Crippen LogP contribution in [0.25, 0.3) is 0 Å². The average molecular weight is 264 g/mol. The van der Waals surface area contributed by atoms with Crippen LogP contribution in [0.4, 0.5) is 0 Å². The summed E-state index contributed by atoms with van der Waals surface area (Å²) in [5, 5.41) is 17.0. The number of thioether (sulfide) groups is 1. The number of carbonyl (C=O) groups is 3. The van der Waals surface area contributed by atoms with Gasteiger partial charge in [-0.25, -0.2) is 0 Å². The van der Waals surface area contributed by atoms with Crippen LogP contribution in [0.1, 0.15) is 12.8 Å². The lowest BCUT2D eigenvalue weighted by Crippen LogP contribution is -2.33. The van der Waals surface area contributed by atoms with Gasteiger partial charge in [0.1, 0.15) is 17.9 Å². The Labute approximate surface area is 103 Å². The summed E-state index contributed by atoms with van der Waals surface area (Å²) in [5.41, 5.74) is 10.5. The van der Waals surface area contributed by atoms with Crippen LogP contribution in [-0.2, 0) is 14.4 Å². The highest BCUT2D eigenvalue weighted by Gasteiger charge is 2.15. The molecule has 7 nitrogen and oxygen atoms in total. The minimum Gasteiger partial charge on any atom is -0.480 e. The largest absolute Gasteiger partial charge is 0.480 e. The fourth-order valence-electron chi connectivity index (χ4n) is 0.883. The molecule has 0 aliphatic rings. The highest BCUT2D eigenvalue weighted by Crippen LogP contribution is 2.06. The number of Topliss-reactive ketones (excluding diaryl/α,β-unsaturated/α-hetero) is 1. The Balaban J connectivity index is 3.67. The van der Waals surface area contributed by atoms with Gasteiger partial charge in [-0.2, -0.15) is 11.8 Å². The number of aliphatic carboxylic acids is 2. The van der Waals surface area contributed by atoms with Crippen LogP contribution in [0, 0.1) is 0 Å². The molecular weight excluding hydrogens is 248 g/mol. The monoisotopic (exact) mass is 264 g/mol. The first kappa shape index (κ1) is 15.9. The molecule has 17 heavy (non-hydrogen) atoms. The second-order valence-electron chi connectivity index (χ2n) is 3.48. The van der Waals surface area contributed by atoms with Crippen molar-refractivity contribution in [1.29, 1.82) is 0 Å². The lowest BCUT2D eigenvalue weighted by Gasteiger charge is -2.07. The lowest BCUT2D eigenvalue weighted by atomic mass is 10.1. The molecule has 0 saturated carbocycles. The van der Waals surface area contributed by atoms with Gasteiger partial charge in [0.2, 0.25) is 0 Å². The van der Waals surface area contributed by atoms with Crippen molar-refractivity contribution in [3.05, 3.63) is 0 Å². The van der Waals surface area contributed by atoms with Crippen LogP contribution in [0.15, 0.2) is 0 Å². The molecule has 0 fully saturated rings. The third-order valence-electron chi connectivity index (χ3n) is 1.93. The second kappa shape index (κ2) is 8.04. The first-order chi connectivity index (χ1) is 7.84. The second-order valence-corrected chi connectivity index (χ2v) is 4.51. The molecule has 2 atom stereocenters. The summed E-state index contributed by atoms with van der Waals surface area (Å²) in [7, 11) is 0. The number of hydrogen-bond donors (Lipinski definition) is 4. The van der Waals surface area contributed by atoms with Gasteiger partial charge in [-0.05, 0) is 6.42 Å². The number of carbonyl (C=O) groups excluding carboxylic acids is 1. The minimum atomic E-state index is -1.14. The minimum absolute atomic E-state index is 0.0722. The van der Waals surface area contributed by atoms with E-state index >= 15 is 0 Å². The van der Waals surface area contributed by atoms with E-state index in [9.17, 15) is 14.4 Å². The van der Waals surface area contributed by atoms with Crippen molar-refractivity contribution in [2.24, 2.45) is 11.5 Å². The number of carboxylic acids is 2. The van der Waals surface area contributed by atoms with E-state index in [0.29, 0.717) is 0 Å². The van der Waals surface area contributed by atoms with E-state index in [0.717, 1.165) is 11.8 Å². The molecule has 8 heteroatoms. The molecule has 0 radical (unpaired) electrons. The van der Waals surface area contributed by atoms with Crippen LogP contribution in [0.3, 0.4) is 0 Å². The summed E-state index contributed by atoms with van der Waals surface area (Å²) in [6, 6.07) is -2.03. The van der Waals surface area contributed by atoms with Crippen LogP contribution >= 0.6 is 11.8 Å². The number of ketones is 1. The van der Waals surface area contributed by atoms with Crippen LogP contribution < -0.4 is 11.5 Å². The Morgan fingerprint density at radius 3 is 2.06 bits per heavy atom. The van der Waals surface area contributed by atoms with Crippen molar-refractivity contribution in [3.8, 4) is 0 Å². The number of hydrogen-bond acceptors (Lipinski definition) is 6. The van der Waals surface area contributed by atoms with Crippen molar-refractivity contribution in [2.45, 2.75) is 24.9 Å². The molecule has 0 heterocycles. The van der Waals surface area contributed by atoms with Crippen molar-refractivity contribution in [2.75, 3.05) is 11.5 Å². The Bertz CT molecular complexity index is 297. The van der Waals surface area contributed by atoms with Crippen molar-refractivity contribution >= 4 is 29.5 Å². The van der Waals surface area contributed by atoms with E-state index in [-0.39, 0.29) is 30.1 Å². The SMILES string of the molecule is N[C@@H](CCC(=O)CSC[C@H](N)C(=O)O)C(=O)O. The summed E-state index contributed by atoms with van der Waals surface area (Å²) in [6.07, 6.45) is 0.155. The Morgan fingerprint density at radius 2 is 1.59 bits per heavy atom. The number of rotatable bonds is 9. The zero-order valence-corrected chi connectivity index (χ0v) is 9.98. The molecule has 0 amide bonds. The first-order valence-electron chi connectivity index (χ1n) is 4.90. The molecule has 0 spiro atoms. The van der Waals surface area contributed by atoms with Gasteiger partial charge < -0.3 is 21.7 Å². The molecular formula is C9H16N2O5S. The summed E-state index contributed by atoms with van der Waals surface area (Å²) in [6.45, 7) is 0. The summed E-state index contributed by atoms with van der Waals surface area (Å²) >= 11 is 1.11. The number of carboxylic acid groups (broad SMARTS) is 2. The summed E-state index contributed by atoms with van der Waals surface area (Å²) < 4.78 is 0. The van der Waals surface area contributed by atoms with Gasteiger partial charge in [0.15, 0.2) is 0 Å². The maximum atomic E-state index is 11.3. The molecule has 0 saturated heterocycles. The van der Waals surface area contributed by atoms with Crippen LogP contribution in [0.2, 0.25) is 0 Å². The van der Waals surface area contributed by atoms with E-state index in [1.807, 2.05) is 0 Å². The van der Waals surface area contributed by atoms with Gasteiger partial charge >= 0.3 is 11.9 Å². The van der Waals surface area contributed by atoms with Gasteiger partial charge in [0.05, 0.1) is 5.75 Å². The molecule has 0 aliphatic heterocycles. The molecule has 0 unspecified atom stereocenters. The maximum absolute atomic E-state index is 11.3. The van der Waals surface area contributed by atoms with Crippen molar-refractivity contribution in [1.82, 2.24) is 0 Å². The molecule has 0 rings (SSSR count). The maximum Gasteiger partial charge on any atom is 0.321 e. The first-order valence-corrected chi connectivity index (χ1v) is 6.06. The number of nitrogens with two attached hydrogens (primary N) is 2. The molecule has 0 aromatic rings. The van der Waals surface area contributed by atoms with Gasteiger partial charge in [0, 0.05) is 12.2 Å². The Kier molecular flexibility index (Phi) is 7.51. The van der Waals surface area contributed by atoms with Gasteiger partial charge in [-0.15, -0.1) is 0 Å². The Hall–Kier alpha value is -1.12. The van der Waals surface area contributed by atoms with Crippen LogP contribution in [0.5, 0.6) is 0 Å². The quantitative estimate of drug-likeness (QED) is 0.410. The fourth-order valence-corrected chi connectivity index (χ4v) is 1.77. The van der Waals surface area contributed by atoms with Gasteiger partial charge in [-0.1, -0.05) is 0 Å². The third-order valence-corrected chi connectivity index (χ3v) is 3.05. The van der Waals surface area contributed by atoms with E-state index < -0.39 is 24.0 Å². The van der Waals surface area contributed by atoms with E-state index in [4.69, 9.17) is 21.7 Å². The van der Waals surface area contributed by atoms with Crippen LogP contribution in [-0.4, -0.2) is 51.5 Å². The zero-order valence-electron chi connectivity index (χ0n) is 9.17. The predicted molar refractivity (Wildman–Crippen MR) is 62.8 cm³/mol. The van der Waals surface area contributed by atoms with E-state index in [2.05, 4.69) is 0 Å². The van der Waals surface area contributed by atoms with Gasteiger partial charge in [0.25, 0.3) is 0 Å². The molecule has 6 N–H and O–H groups in total. The molecule has 0 aromatic carbocycles. The fraction of sp³-hybridized carbons (Fsp3) is 0.667.